The molecule has 4 rings (SSSR count). The van der Waals surface area contributed by atoms with Gasteiger partial charge in [-0.05, 0) is 23.3 Å². The van der Waals surface area contributed by atoms with Gasteiger partial charge >= 0.3 is 5.97 Å². The smallest absolute Gasteiger partial charge is 0.340 e. The number of fused-ring (bicyclic) bond motifs is 1. The van der Waals surface area contributed by atoms with Crippen LogP contribution in [-0.4, -0.2) is 5.97 Å². The van der Waals surface area contributed by atoms with E-state index in [4.69, 9.17) is 27.9 Å². The standard InChI is InChI=1S/C20H12Cl2O2/c21-17-8-4-7-16-18(17)20(22,24-19(16)23)15-11-9-14(10-12-15)13-5-2-1-3-6-13/h1-12H. The number of cyclic esters (lactones) is 1. The predicted molar refractivity (Wildman–Crippen MR) is 95.4 cm³/mol. The Bertz CT molecular complexity index is 920. The first kappa shape index (κ1) is 15.3. The van der Waals surface area contributed by atoms with Gasteiger partial charge in [0.15, 0.2) is 0 Å². The van der Waals surface area contributed by atoms with Gasteiger partial charge in [-0.1, -0.05) is 83.9 Å². The second kappa shape index (κ2) is 5.66. The summed E-state index contributed by atoms with van der Waals surface area (Å²) in [4.78, 5) is 12.1. The van der Waals surface area contributed by atoms with E-state index in [0.717, 1.165) is 11.1 Å². The van der Waals surface area contributed by atoms with Gasteiger partial charge in [-0.3, -0.25) is 0 Å². The molecule has 0 spiro atoms. The number of hydrogen-bond donors (Lipinski definition) is 0. The Balaban J connectivity index is 1.79. The highest BCUT2D eigenvalue weighted by Gasteiger charge is 2.47. The Hall–Kier alpha value is -2.29. The number of carbonyl (C=O) groups is 1. The van der Waals surface area contributed by atoms with Gasteiger partial charge in [0.25, 0.3) is 0 Å². The monoisotopic (exact) mass is 354 g/mol. The fourth-order valence-electron chi connectivity index (χ4n) is 2.97. The van der Waals surface area contributed by atoms with Crippen molar-refractivity contribution in [2.24, 2.45) is 0 Å². The lowest BCUT2D eigenvalue weighted by Gasteiger charge is -2.23. The largest absolute Gasteiger partial charge is 0.431 e. The van der Waals surface area contributed by atoms with Crippen LogP contribution in [0, 0.1) is 0 Å². The van der Waals surface area contributed by atoms with Gasteiger partial charge in [0, 0.05) is 11.1 Å². The van der Waals surface area contributed by atoms with Gasteiger partial charge in [-0.15, -0.1) is 0 Å². The van der Waals surface area contributed by atoms with E-state index in [2.05, 4.69) is 0 Å². The third kappa shape index (κ3) is 2.31. The van der Waals surface area contributed by atoms with Crippen LogP contribution in [0.25, 0.3) is 11.1 Å². The van der Waals surface area contributed by atoms with E-state index in [-0.39, 0.29) is 0 Å². The topological polar surface area (TPSA) is 26.3 Å². The molecule has 0 radical (unpaired) electrons. The number of ether oxygens (including phenoxy) is 1. The second-order valence-electron chi connectivity index (χ2n) is 5.59. The minimum absolute atomic E-state index is 0.407. The number of rotatable bonds is 2. The number of carbonyl (C=O) groups excluding carboxylic acids is 1. The van der Waals surface area contributed by atoms with Crippen molar-refractivity contribution in [2.75, 3.05) is 0 Å². The lowest BCUT2D eigenvalue weighted by molar-refractivity contribution is 0.0366. The van der Waals surface area contributed by atoms with Crippen molar-refractivity contribution in [3.8, 4) is 11.1 Å². The summed E-state index contributed by atoms with van der Waals surface area (Å²) in [7, 11) is 0. The van der Waals surface area contributed by atoms with E-state index < -0.39 is 11.0 Å². The molecule has 3 aromatic rings. The average Bonchev–Trinajstić information content (AvgIpc) is 2.89. The van der Waals surface area contributed by atoms with Gasteiger partial charge in [0.2, 0.25) is 5.06 Å². The zero-order valence-electron chi connectivity index (χ0n) is 12.5. The molecule has 0 amide bonds. The first-order valence-corrected chi connectivity index (χ1v) is 8.22. The maximum atomic E-state index is 12.1. The molecule has 1 heterocycles. The molecule has 0 bridgehead atoms. The normalized spacial score (nSPS) is 19.0. The Morgan fingerprint density at radius 3 is 2.17 bits per heavy atom. The van der Waals surface area contributed by atoms with Crippen molar-refractivity contribution in [3.05, 3.63) is 94.5 Å². The van der Waals surface area contributed by atoms with E-state index in [1.54, 1.807) is 18.2 Å². The quantitative estimate of drug-likeness (QED) is 0.441. The van der Waals surface area contributed by atoms with Crippen molar-refractivity contribution < 1.29 is 9.53 Å². The SMILES string of the molecule is O=C1OC(Cl)(c2ccc(-c3ccccc3)cc2)c2c(Cl)cccc21. The van der Waals surface area contributed by atoms with Gasteiger partial charge in [-0.25, -0.2) is 4.79 Å². The molecular formula is C20H12Cl2O2. The van der Waals surface area contributed by atoms with Crippen LogP contribution in [-0.2, 0) is 9.80 Å². The maximum absolute atomic E-state index is 12.1. The molecule has 4 heteroatoms. The third-order valence-electron chi connectivity index (χ3n) is 4.15. The highest BCUT2D eigenvalue weighted by molar-refractivity contribution is 6.35. The summed E-state index contributed by atoms with van der Waals surface area (Å²) in [5, 5.41) is -0.972. The van der Waals surface area contributed by atoms with Gasteiger partial charge in [0.1, 0.15) is 0 Å². The minimum atomic E-state index is -1.39. The molecular weight excluding hydrogens is 343 g/mol. The molecule has 1 atom stereocenters. The summed E-state index contributed by atoms with van der Waals surface area (Å²) >= 11 is 13.0. The number of halogens is 2. The van der Waals surface area contributed by atoms with E-state index >= 15 is 0 Å². The minimum Gasteiger partial charge on any atom is -0.431 e. The van der Waals surface area contributed by atoms with Crippen LogP contribution in [0.15, 0.2) is 72.8 Å². The van der Waals surface area contributed by atoms with E-state index in [1.807, 2.05) is 54.6 Å². The van der Waals surface area contributed by atoms with Crippen molar-refractivity contribution in [3.63, 3.8) is 0 Å². The van der Waals surface area contributed by atoms with Crippen LogP contribution in [0.1, 0.15) is 21.5 Å². The number of benzene rings is 3. The lowest BCUT2D eigenvalue weighted by Crippen LogP contribution is -2.20. The molecule has 2 nitrogen and oxygen atoms in total. The molecule has 24 heavy (non-hydrogen) atoms. The highest BCUT2D eigenvalue weighted by Crippen LogP contribution is 2.48. The summed E-state index contributed by atoms with van der Waals surface area (Å²) in [5.41, 5.74) is 3.75. The number of alkyl halides is 1. The first-order chi connectivity index (χ1) is 11.6. The summed E-state index contributed by atoms with van der Waals surface area (Å²) in [6.07, 6.45) is 0. The van der Waals surface area contributed by atoms with E-state index in [9.17, 15) is 4.79 Å². The molecule has 0 saturated heterocycles. The summed E-state index contributed by atoms with van der Waals surface area (Å²) in [6.45, 7) is 0. The van der Waals surface area contributed by atoms with E-state index in [0.29, 0.717) is 21.7 Å². The summed E-state index contributed by atoms with van der Waals surface area (Å²) in [6, 6.07) is 22.7. The predicted octanol–water partition coefficient (Wildman–Crippen LogP) is 5.62. The zero-order valence-corrected chi connectivity index (χ0v) is 14.0. The molecule has 0 N–H and O–H groups in total. The molecule has 118 valence electrons. The van der Waals surface area contributed by atoms with Crippen molar-refractivity contribution in [1.82, 2.24) is 0 Å². The van der Waals surface area contributed by atoms with E-state index in [1.165, 1.54) is 0 Å². The lowest BCUT2D eigenvalue weighted by atomic mass is 9.96. The van der Waals surface area contributed by atoms with Crippen LogP contribution in [0.2, 0.25) is 5.02 Å². The molecule has 0 aliphatic carbocycles. The number of esters is 1. The second-order valence-corrected chi connectivity index (χ2v) is 6.53. The highest BCUT2D eigenvalue weighted by atomic mass is 35.5. The van der Waals surface area contributed by atoms with Gasteiger partial charge in [0.05, 0.1) is 10.6 Å². The molecule has 3 aromatic carbocycles. The maximum Gasteiger partial charge on any atom is 0.340 e. The Morgan fingerprint density at radius 2 is 1.46 bits per heavy atom. The first-order valence-electron chi connectivity index (χ1n) is 7.47. The van der Waals surface area contributed by atoms with Crippen LogP contribution >= 0.6 is 23.2 Å². The Morgan fingerprint density at radius 1 is 0.792 bits per heavy atom. The third-order valence-corrected chi connectivity index (χ3v) is 4.95. The van der Waals surface area contributed by atoms with Gasteiger partial charge < -0.3 is 4.74 Å². The van der Waals surface area contributed by atoms with Crippen molar-refractivity contribution >= 4 is 29.2 Å². The fourth-order valence-corrected chi connectivity index (χ4v) is 3.72. The molecule has 0 saturated carbocycles. The fraction of sp³-hybridized carbons (Fsp3) is 0.0500. The van der Waals surface area contributed by atoms with Crippen LogP contribution in [0.4, 0.5) is 0 Å². The molecule has 1 aliphatic rings. The molecule has 0 fully saturated rings. The summed E-state index contributed by atoms with van der Waals surface area (Å²) < 4.78 is 5.47. The molecule has 1 unspecified atom stereocenters. The van der Waals surface area contributed by atoms with Crippen LogP contribution < -0.4 is 0 Å². The number of hydrogen-bond acceptors (Lipinski definition) is 2. The van der Waals surface area contributed by atoms with Crippen LogP contribution in [0.3, 0.4) is 0 Å². The molecule has 0 aromatic heterocycles. The Labute approximate surface area is 149 Å². The van der Waals surface area contributed by atoms with Crippen LogP contribution in [0.5, 0.6) is 0 Å². The van der Waals surface area contributed by atoms with Crippen molar-refractivity contribution in [1.29, 1.82) is 0 Å². The zero-order chi connectivity index (χ0) is 16.7. The Kier molecular flexibility index (Phi) is 3.60. The average molecular weight is 355 g/mol. The summed E-state index contributed by atoms with van der Waals surface area (Å²) in [5.74, 6) is -0.463. The molecule has 1 aliphatic heterocycles. The van der Waals surface area contributed by atoms with Crippen molar-refractivity contribution in [2.45, 2.75) is 5.06 Å². The van der Waals surface area contributed by atoms with Gasteiger partial charge in [-0.2, -0.15) is 0 Å².